The van der Waals surface area contributed by atoms with Gasteiger partial charge < -0.3 is 0 Å². The van der Waals surface area contributed by atoms with Crippen LogP contribution in [0, 0.1) is 0 Å². The lowest BCUT2D eigenvalue weighted by atomic mass is 10.2. The molecule has 0 aliphatic carbocycles. The molecule has 0 fully saturated rings. The molecule has 78 valence electrons. The third-order valence-electron chi connectivity index (χ3n) is 1.87. The summed E-state index contributed by atoms with van der Waals surface area (Å²) in [7, 11) is 0. The predicted octanol–water partition coefficient (Wildman–Crippen LogP) is 4.86. The SMILES string of the molecule is ClCc1csc(-c2c(Cl)cccc2Cl)n1. The van der Waals surface area contributed by atoms with Gasteiger partial charge in [-0.05, 0) is 12.1 Å². The molecule has 5 heteroatoms. The zero-order chi connectivity index (χ0) is 10.8. The van der Waals surface area contributed by atoms with E-state index in [9.17, 15) is 0 Å². The minimum Gasteiger partial charge on any atom is -0.240 e. The molecule has 15 heavy (non-hydrogen) atoms. The number of aromatic nitrogens is 1. The van der Waals surface area contributed by atoms with Crippen LogP contribution in [-0.2, 0) is 5.88 Å². The highest BCUT2D eigenvalue weighted by atomic mass is 35.5. The van der Waals surface area contributed by atoms with Gasteiger partial charge in [-0.15, -0.1) is 22.9 Å². The van der Waals surface area contributed by atoms with E-state index >= 15 is 0 Å². The molecule has 0 aliphatic heterocycles. The quantitative estimate of drug-likeness (QED) is 0.715. The van der Waals surface area contributed by atoms with Gasteiger partial charge in [0.15, 0.2) is 0 Å². The molecule has 1 aromatic heterocycles. The van der Waals surface area contributed by atoms with E-state index in [0.29, 0.717) is 15.9 Å². The van der Waals surface area contributed by atoms with Crippen LogP contribution in [0.2, 0.25) is 10.0 Å². The topological polar surface area (TPSA) is 12.9 Å². The Labute approximate surface area is 107 Å². The number of benzene rings is 1. The molecule has 2 aromatic rings. The second-order valence-electron chi connectivity index (χ2n) is 2.87. The first kappa shape index (κ1) is 11.2. The normalized spacial score (nSPS) is 10.6. The number of rotatable bonds is 2. The number of hydrogen-bond donors (Lipinski definition) is 0. The van der Waals surface area contributed by atoms with Crippen LogP contribution in [0.4, 0.5) is 0 Å². The maximum atomic E-state index is 6.07. The first-order valence-electron chi connectivity index (χ1n) is 4.17. The van der Waals surface area contributed by atoms with Crippen LogP contribution in [0.15, 0.2) is 23.6 Å². The van der Waals surface area contributed by atoms with E-state index in [1.807, 2.05) is 11.4 Å². The second kappa shape index (κ2) is 4.71. The highest BCUT2D eigenvalue weighted by Crippen LogP contribution is 2.36. The number of thiazole rings is 1. The molecule has 0 bridgehead atoms. The van der Waals surface area contributed by atoms with Gasteiger partial charge in [0.1, 0.15) is 5.01 Å². The Morgan fingerprint density at radius 1 is 1.20 bits per heavy atom. The summed E-state index contributed by atoms with van der Waals surface area (Å²) in [4.78, 5) is 4.34. The van der Waals surface area contributed by atoms with E-state index in [1.54, 1.807) is 12.1 Å². The van der Waals surface area contributed by atoms with Gasteiger partial charge in [-0.25, -0.2) is 4.98 Å². The first-order chi connectivity index (χ1) is 7.22. The van der Waals surface area contributed by atoms with Crippen molar-refractivity contribution in [1.82, 2.24) is 4.98 Å². The Bertz CT molecular complexity index is 461. The fourth-order valence-corrected chi connectivity index (χ4v) is 2.99. The Kier molecular flexibility index (Phi) is 3.52. The highest BCUT2D eigenvalue weighted by Gasteiger charge is 2.11. The van der Waals surface area contributed by atoms with E-state index in [-0.39, 0.29) is 0 Å². The van der Waals surface area contributed by atoms with Gasteiger partial charge in [0.05, 0.1) is 21.6 Å². The smallest absolute Gasteiger partial charge is 0.126 e. The summed E-state index contributed by atoms with van der Waals surface area (Å²) in [5.41, 5.74) is 1.62. The van der Waals surface area contributed by atoms with Gasteiger partial charge in [0.25, 0.3) is 0 Å². The number of hydrogen-bond acceptors (Lipinski definition) is 2. The minimum atomic E-state index is 0.401. The standard InChI is InChI=1S/C10H6Cl3NS/c11-4-6-5-15-10(14-6)9-7(12)2-1-3-8(9)13/h1-3,5H,4H2. The van der Waals surface area contributed by atoms with E-state index in [4.69, 9.17) is 34.8 Å². The Morgan fingerprint density at radius 3 is 2.40 bits per heavy atom. The summed E-state index contributed by atoms with van der Waals surface area (Å²) in [6.07, 6.45) is 0. The monoisotopic (exact) mass is 277 g/mol. The van der Waals surface area contributed by atoms with Gasteiger partial charge >= 0.3 is 0 Å². The van der Waals surface area contributed by atoms with E-state index in [0.717, 1.165) is 16.3 Å². The van der Waals surface area contributed by atoms with Gasteiger partial charge in [-0.1, -0.05) is 29.3 Å². The minimum absolute atomic E-state index is 0.401. The van der Waals surface area contributed by atoms with Crippen LogP contribution < -0.4 is 0 Å². The van der Waals surface area contributed by atoms with Crippen molar-refractivity contribution in [2.75, 3.05) is 0 Å². The van der Waals surface area contributed by atoms with Gasteiger partial charge in [-0.2, -0.15) is 0 Å². The Morgan fingerprint density at radius 2 is 1.87 bits per heavy atom. The van der Waals surface area contributed by atoms with Crippen molar-refractivity contribution in [2.45, 2.75) is 5.88 Å². The molecule has 0 saturated carbocycles. The zero-order valence-electron chi connectivity index (χ0n) is 7.51. The molecule has 0 unspecified atom stereocenters. The number of alkyl halides is 1. The maximum Gasteiger partial charge on any atom is 0.126 e. The lowest BCUT2D eigenvalue weighted by Gasteiger charge is -2.02. The summed E-state index contributed by atoms with van der Waals surface area (Å²) in [5, 5.41) is 3.93. The molecule has 1 heterocycles. The Hall–Kier alpha value is -0.280. The third-order valence-corrected chi connectivity index (χ3v) is 3.68. The van der Waals surface area contributed by atoms with Crippen molar-refractivity contribution in [2.24, 2.45) is 0 Å². The van der Waals surface area contributed by atoms with Crippen LogP contribution in [0.1, 0.15) is 5.69 Å². The average molecular weight is 279 g/mol. The second-order valence-corrected chi connectivity index (χ2v) is 4.81. The van der Waals surface area contributed by atoms with Crippen LogP contribution in [0.25, 0.3) is 10.6 Å². The summed E-state index contributed by atoms with van der Waals surface area (Å²) < 4.78 is 0. The average Bonchev–Trinajstić information content (AvgIpc) is 2.66. The van der Waals surface area contributed by atoms with Crippen molar-refractivity contribution in [3.8, 4) is 10.6 Å². The molecule has 2 rings (SSSR count). The van der Waals surface area contributed by atoms with Crippen molar-refractivity contribution in [3.63, 3.8) is 0 Å². The largest absolute Gasteiger partial charge is 0.240 e. The molecule has 0 atom stereocenters. The van der Waals surface area contributed by atoms with Crippen molar-refractivity contribution < 1.29 is 0 Å². The van der Waals surface area contributed by atoms with Crippen LogP contribution in [0.3, 0.4) is 0 Å². The third kappa shape index (κ3) is 2.28. The Balaban J connectivity index is 2.53. The highest BCUT2D eigenvalue weighted by molar-refractivity contribution is 7.13. The molecule has 1 aromatic carbocycles. The summed E-state index contributed by atoms with van der Waals surface area (Å²) in [6, 6.07) is 5.40. The molecular weight excluding hydrogens is 273 g/mol. The lowest BCUT2D eigenvalue weighted by Crippen LogP contribution is -1.82. The molecule has 0 spiro atoms. The fraction of sp³-hybridized carbons (Fsp3) is 0.100. The first-order valence-corrected chi connectivity index (χ1v) is 6.34. The van der Waals surface area contributed by atoms with Crippen molar-refractivity contribution >= 4 is 46.1 Å². The van der Waals surface area contributed by atoms with Crippen molar-refractivity contribution in [3.05, 3.63) is 39.3 Å². The summed E-state index contributed by atoms with van der Waals surface area (Å²) >= 11 is 19.3. The molecule has 0 aliphatic rings. The van der Waals surface area contributed by atoms with Gasteiger partial charge in [-0.3, -0.25) is 0 Å². The maximum absolute atomic E-state index is 6.07. The van der Waals surface area contributed by atoms with Crippen LogP contribution >= 0.6 is 46.1 Å². The predicted molar refractivity (Wildman–Crippen MR) is 67.1 cm³/mol. The van der Waals surface area contributed by atoms with Crippen LogP contribution in [0.5, 0.6) is 0 Å². The fourth-order valence-electron chi connectivity index (χ4n) is 1.19. The molecule has 0 amide bonds. The van der Waals surface area contributed by atoms with Crippen molar-refractivity contribution in [1.29, 1.82) is 0 Å². The molecule has 0 N–H and O–H groups in total. The van der Waals surface area contributed by atoms with Gasteiger partial charge in [0.2, 0.25) is 0 Å². The van der Waals surface area contributed by atoms with E-state index in [2.05, 4.69) is 4.98 Å². The van der Waals surface area contributed by atoms with E-state index in [1.165, 1.54) is 11.3 Å². The number of halogens is 3. The number of nitrogens with zero attached hydrogens (tertiary/aromatic N) is 1. The molecule has 0 radical (unpaired) electrons. The summed E-state index contributed by atoms with van der Waals surface area (Å²) in [5.74, 6) is 0.401. The van der Waals surface area contributed by atoms with Crippen LogP contribution in [-0.4, -0.2) is 4.98 Å². The van der Waals surface area contributed by atoms with Gasteiger partial charge in [0, 0.05) is 10.9 Å². The zero-order valence-corrected chi connectivity index (χ0v) is 10.6. The molecule has 1 nitrogen and oxygen atoms in total. The van der Waals surface area contributed by atoms with E-state index < -0.39 is 0 Å². The summed E-state index contributed by atoms with van der Waals surface area (Å²) in [6.45, 7) is 0. The lowest BCUT2D eigenvalue weighted by molar-refractivity contribution is 1.23. The molecule has 0 saturated heterocycles. The molecular formula is C10H6Cl3NS.